The Balaban J connectivity index is 1.93. The molecule has 0 radical (unpaired) electrons. The highest BCUT2D eigenvalue weighted by Crippen LogP contribution is 2.26. The Kier molecular flexibility index (Phi) is 4.02. The summed E-state index contributed by atoms with van der Waals surface area (Å²) in [5, 5.41) is 3.28. The summed E-state index contributed by atoms with van der Waals surface area (Å²) in [5.74, 6) is 1.88. The van der Waals surface area contributed by atoms with Crippen molar-refractivity contribution in [3.63, 3.8) is 0 Å². The van der Waals surface area contributed by atoms with Crippen molar-refractivity contribution >= 4 is 0 Å². The SMILES string of the molecule is CNCC1CCCN(C(C)c2ccco2)C1. The Hall–Kier alpha value is -0.800. The van der Waals surface area contributed by atoms with E-state index in [9.17, 15) is 0 Å². The molecular formula is C13H22N2O. The Morgan fingerprint density at radius 3 is 3.19 bits per heavy atom. The lowest BCUT2D eigenvalue weighted by Gasteiger charge is -2.36. The van der Waals surface area contributed by atoms with Crippen molar-refractivity contribution < 1.29 is 4.42 Å². The zero-order valence-corrected chi connectivity index (χ0v) is 10.3. The standard InChI is InChI=1S/C13H22N2O/c1-11(13-6-4-8-16-13)15-7-3-5-12(10-15)9-14-2/h4,6,8,11-12,14H,3,5,7,9-10H2,1-2H3. The zero-order valence-electron chi connectivity index (χ0n) is 10.3. The van der Waals surface area contributed by atoms with E-state index < -0.39 is 0 Å². The first-order valence-electron chi connectivity index (χ1n) is 6.23. The molecule has 0 aliphatic carbocycles. The van der Waals surface area contributed by atoms with E-state index in [1.807, 2.05) is 13.1 Å². The van der Waals surface area contributed by atoms with Crippen molar-refractivity contribution in [1.29, 1.82) is 0 Å². The topological polar surface area (TPSA) is 28.4 Å². The number of piperidine rings is 1. The molecule has 1 saturated heterocycles. The molecule has 2 heterocycles. The highest BCUT2D eigenvalue weighted by Gasteiger charge is 2.24. The van der Waals surface area contributed by atoms with Crippen LogP contribution < -0.4 is 5.32 Å². The molecule has 2 atom stereocenters. The number of nitrogens with zero attached hydrogens (tertiary/aromatic N) is 1. The predicted octanol–water partition coefficient (Wildman–Crippen LogP) is 2.27. The van der Waals surface area contributed by atoms with Crippen molar-refractivity contribution in [3.8, 4) is 0 Å². The molecule has 0 amide bonds. The van der Waals surface area contributed by atoms with Gasteiger partial charge in [0.25, 0.3) is 0 Å². The summed E-state index contributed by atoms with van der Waals surface area (Å²) in [7, 11) is 2.04. The number of hydrogen-bond donors (Lipinski definition) is 1. The van der Waals surface area contributed by atoms with E-state index in [4.69, 9.17) is 4.42 Å². The van der Waals surface area contributed by atoms with Gasteiger partial charge in [0.2, 0.25) is 0 Å². The van der Waals surface area contributed by atoms with Crippen molar-refractivity contribution in [1.82, 2.24) is 10.2 Å². The summed E-state index contributed by atoms with van der Waals surface area (Å²) >= 11 is 0. The van der Waals surface area contributed by atoms with Crippen LogP contribution in [0.1, 0.15) is 31.6 Å². The van der Waals surface area contributed by atoms with Crippen LogP contribution in [0, 0.1) is 5.92 Å². The second-order valence-electron chi connectivity index (χ2n) is 4.75. The van der Waals surface area contributed by atoms with E-state index in [-0.39, 0.29) is 0 Å². The summed E-state index contributed by atoms with van der Waals surface area (Å²) in [5.41, 5.74) is 0. The maximum Gasteiger partial charge on any atom is 0.120 e. The van der Waals surface area contributed by atoms with E-state index in [1.165, 1.54) is 25.9 Å². The molecule has 90 valence electrons. The van der Waals surface area contributed by atoms with Crippen LogP contribution in [0.25, 0.3) is 0 Å². The lowest BCUT2D eigenvalue weighted by molar-refractivity contribution is 0.119. The van der Waals surface area contributed by atoms with Crippen LogP contribution in [0.15, 0.2) is 22.8 Å². The fourth-order valence-electron chi connectivity index (χ4n) is 2.61. The molecule has 1 aliphatic rings. The van der Waals surface area contributed by atoms with Gasteiger partial charge in [0.05, 0.1) is 12.3 Å². The molecule has 2 rings (SSSR count). The van der Waals surface area contributed by atoms with Crippen molar-refractivity contribution in [3.05, 3.63) is 24.2 Å². The summed E-state index contributed by atoms with van der Waals surface area (Å²) in [6, 6.07) is 4.46. The van der Waals surface area contributed by atoms with Gasteiger partial charge >= 0.3 is 0 Å². The molecule has 1 aliphatic heterocycles. The maximum absolute atomic E-state index is 5.49. The van der Waals surface area contributed by atoms with Gasteiger partial charge in [-0.2, -0.15) is 0 Å². The van der Waals surface area contributed by atoms with Gasteiger partial charge in [-0.1, -0.05) is 0 Å². The van der Waals surface area contributed by atoms with Crippen molar-refractivity contribution in [2.24, 2.45) is 5.92 Å². The number of hydrogen-bond acceptors (Lipinski definition) is 3. The molecule has 0 bridgehead atoms. The fourth-order valence-corrected chi connectivity index (χ4v) is 2.61. The molecule has 2 unspecified atom stereocenters. The average Bonchev–Trinajstić information content (AvgIpc) is 2.82. The summed E-state index contributed by atoms with van der Waals surface area (Å²) < 4.78 is 5.49. The van der Waals surface area contributed by atoms with E-state index in [1.54, 1.807) is 6.26 Å². The highest BCUT2D eigenvalue weighted by molar-refractivity contribution is 5.04. The van der Waals surface area contributed by atoms with Gasteiger partial charge in [-0.25, -0.2) is 0 Å². The smallest absolute Gasteiger partial charge is 0.120 e. The molecule has 1 aromatic rings. The van der Waals surface area contributed by atoms with Gasteiger partial charge in [-0.3, -0.25) is 4.90 Å². The molecular weight excluding hydrogens is 200 g/mol. The molecule has 16 heavy (non-hydrogen) atoms. The molecule has 1 N–H and O–H groups in total. The van der Waals surface area contributed by atoms with E-state index in [2.05, 4.69) is 23.2 Å². The van der Waals surface area contributed by atoms with Gasteiger partial charge in [0.15, 0.2) is 0 Å². The van der Waals surface area contributed by atoms with Crippen LogP contribution >= 0.6 is 0 Å². The lowest BCUT2D eigenvalue weighted by atomic mass is 9.96. The normalized spacial score (nSPS) is 24.5. The molecule has 3 nitrogen and oxygen atoms in total. The number of nitrogens with one attached hydrogen (secondary N) is 1. The van der Waals surface area contributed by atoms with Crippen LogP contribution in [0.2, 0.25) is 0 Å². The van der Waals surface area contributed by atoms with Crippen LogP contribution in [0.4, 0.5) is 0 Å². The minimum absolute atomic E-state index is 0.412. The van der Waals surface area contributed by atoms with Gasteiger partial charge in [-0.15, -0.1) is 0 Å². The maximum atomic E-state index is 5.49. The zero-order chi connectivity index (χ0) is 11.4. The third-order valence-electron chi connectivity index (χ3n) is 3.55. The molecule has 0 saturated carbocycles. The summed E-state index contributed by atoms with van der Waals surface area (Å²) in [4.78, 5) is 2.53. The Labute approximate surface area is 97.8 Å². The Morgan fingerprint density at radius 1 is 1.62 bits per heavy atom. The second kappa shape index (κ2) is 5.51. The first-order valence-corrected chi connectivity index (χ1v) is 6.23. The molecule has 3 heteroatoms. The second-order valence-corrected chi connectivity index (χ2v) is 4.75. The molecule has 0 aromatic carbocycles. The van der Waals surface area contributed by atoms with Crippen molar-refractivity contribution in [2.75, 3.05) is 26.7 Å². The van der Waals surface area contributed by atoms with Crippen molar-refractivity contribution in [2.45, 2.75) is 25.8 Å². The van der Waals surface area contributed by atoms with E-state index in [0.717, 1.165) is 18.2 Å². The summed E-state index contributed by atoms with van der Waals surface area (Å²) in [6.45, 7) is 5.74. The fraction of sp³-hybridized carbons (Fsp3) is 0.692. The van der Waals surface area contributed by atoms with Gasteiger partial charge in [0, 0.05) is 6.54 Å². The average molecular weight is 222 g/mol. The first kappa shape index (κ1) is 11.7. The Morgan fingerprint density at radius 2 is 2.50 bits per heavy atom. The van der Waals surface area contributed by atoms with E-state index in [0.29, 0.717) is 6.04 Å². The highest BCUT2D eigenvalue weighted by atomic mass is 16.3. The van der Waals surface area contributed by atoms with Crippen LogP contribution in [-0.4, -0.2) is 31.6 Å². The third kappa shape index (κ3) is 2.66. The van der Waals surface area contributed by atoms with Crippen LogP contribution in [0.5, 0.6) is 0 Å². The van der Waals surface area contributed by atoms with E-state index >= 15 is 0 Å². The van der Waals surface area contributed by atoms with Gasteiger partial charge < -0.3 is 9.73 Å². The Bertz CT molecular complexity index is 295. The summed E-state index contributed by atoms with van der Waals surface area (Å²) in [6.07, 6.45) is 4.42. The van der Waals surface area contributed by atoms with Crippen LogP contribution in [0.3, 0.4) is 0 Å². The number of furan rings is 1. The minimum Gasteiger partial charge on any atom is -0.468 e. The minimum atomic E-state index is 0.412. The van der Waals surface area contributed by atoms with Gasteiger partial charge in [-0.05, 0) is 58.0 Å². The third-order valence-corrected chi connectivity index (χ3v) is 3.55. The van der Waals surface area contributed by atoms with Gasteiger partial charge in [0.1, 0.15) is 5.76 Å². The first-order chi connectivity index (χ1) is 7.81. The van der Waals surface area contributed by atoms with Crippen LogP contribution in [-0.2, 0) is 0 Å². The number of rotatable bonds is 4. The monoisotopic (exact) mass is 222 g/mol. The quantitative estimate of drug-likeness (QED) is 0.847. The lowest BCUT2D eigenvalue weighted by Crippen LogP contribution is -2.40. The molecule has 1 aromatic heterocycles. The molecule has 1 fully saturated rings. The number of likely N-dealkylation sites (tertiary alicyclic amines) is 1. The largest absolute Gasteiger partial charge is 0.468 e. The predicted molar refractivity (Wildman–Crippen MR) is 65.3 cm³/mol. The molecule has 0 spiro atoms.